The van der Waals surface area contributed by atoms with Crippen LogP contribution in [0.3, 0.4) is 0 Å². The molecule has 0 saturated carbocycles. The fraction of sp³-hybridized carbons (Fsp3) is 0.500. The maximum atomic E-state index is 6.49. The number of para-hydroxylation sites is 1. The van der Waals surface area contributed by atoms with Crippen LogP contribution in [0.1, 0.15) is 31.6 Å². The lowest BCUT2D eigenvalue weighted by atomic mass is 9.85. The lowest BCUT2D eigenvalue weighted by Crippen LogP contribution is -2.48. The summed E-state index contributed by atoms with van der Waals surface area (Å²) in [6, 6.07) is 7.32. The molecule has 2 heterocycles. The predicted octanol–water partition coefficient (Wildman–Crippen LogP) is 3.67. The van der Waals surface area contributed by atoms with Crippen LogP contribution in [0.2, 0.25) is 5.02 Å². The highest BCUT2D eigenvalue weighted by Crippen LogP contribution is 2.39. The van der Waals surface area contributed by atoms with Crippen molar-refractivity contribution in [3.8, 4) is 0 Å². The molecule has 1 aliphatic heterocycles. The molecule has 2 N–H and O–H groups in total. The lowest BCUT2D eigenvalue weighted by molar-refractivity contribution is -0.124. The second kappa shape index (κ2) is 5.97. The van der Waals surface area contributed by atoms with Gasteiger partial charge in [-0.05, 0) is 19.1 Å². The van der Waals surface area contributed by atoms with Gasteiger partial charge in [0.1, 0.15) is 5.76 Å². The van der Waals surface area contributed by atoms with Crippen LogP contribution in [-0.4, -0.2) is 25.4 Å². The van der Waals surface area contributed by atoms with Crippen molar-refractivity contribution < 1.29 is 13.9 Å². The van der Waals surface area contributed by atoms with Gasteiger partial charge < -0.3 is 19.6 Å². The molecule has 1 aromatic heterocycles. The molecule has 21 heavy (non-hydrogen) atoms. The zero-order chi connectivity index (χ0) is 14.9. The van der Waals surface area contributed by atoms with Crippen LogP contribution >= 0.6 is 11.6 Å². The van der Waals surface area contributed by atoms with E-state index in [-0.39, 0.29) is 6.04 Å². The Labute approximate surface area is 129 Å². The molecule has 1 fully saturated rings. The number of hydrogen-bond donors (Lipinski definition) is 1. The zero-order valence-electron chi connectivity index (χ0n) is 12.1. The second-order valence-corrected chi connectivity index (χ2v) is 5.80. The van der Waals surface area contributed by atoms with Gasteiger partial charge in [0.2, 0.25) is 0 Å². The van der Waals surface area contributed by atoms with E-state index in [0.29, 0.717) is 36.2 Å². The summed E-state index contributed by atoms with van der Waals surface area (Å²) in [5, 5.41) is 1.56. The number of furan rings is 1. The van der Waals surface area contributed by atoms with Crippen molar-refractivity contribution in [3.05, 3.63) is 35.0 Å². The molecule has 2 aromatic rings. The maximum Gasteiger partial charge on any atom is 0.152 e. The molecule has 1 unspecified atom stereocenters. The number of nitrogens with two attached hydrogens (primary N) is 1. The Kier molecular flexibility index (Phi) is 4.22. The van der Waals surface area contributed by atoms with Gasteiger partial charge in [0.25, 0.3) is 0 Å². The van der Waals surface area contributed by atoms with Crippen molar-refractivity contribution in [2.75, 3.05) is 19.8 Å². The normalized spacial score (nSPS) is 19.8. The van der Waals surface area contributed by atoms with Gasteiger partial charge in [-0.2, -0.15) is 0 Å². The molecule has 0 radical (unpaired) electrons. The van der Waals surface area contributed by atoms with E-state index in [1.54, 1.807) is 0 Å². The lowest BCUT2D eigenvalue weighted by Gasteiger charge is -2.40. The Bertz CT molecular complexity index is 613. The summed E-state index contributed by atoms with van der Waals surface area (Å²) in [6.07, 6.45) is 1.54. The van der Waals surface area contributed by atoms with Crippen LogP contribution in [0, 0.1) is 0 Å². The molecule has 0 amide bonds. The van der Waals surface area contributed by atoms with E-state index < -0.39 is 5.60 Å². The molecule has 1 aromatic carbocycles. The highest BCUT2D eigenvalue weighted by Gasteiger charge is 2.41. The first-order valence-electron chi connectivity index (χ1n) is 7.31. The average molecular weight is 310 g/mol. The third-order valence-electron chi connectivity index (χ3n) is 4.16. The molecule has 1 aliphatic rings. The van der Waals surface area contributed by atoms with Gasteiger partial charge in [0.15, 0.2) is 5.58 Å². The fourth-order valence-electron chi connectivity index (χ4n) is 3.01. The number of halogens is 1. The van der Waals surface area contributed by atoms with Crippen molar-refractivity contribution in [2.45, 2.75) is 31.4 Å². The minimum absolute atomic E-state index is 0.329. The Morgan fingerprint density at radius 3 is 2.81 bits per heavy atom. The fourth-order valence-corrected chi connectivity index (χ4v) is 3.23. The van der Waals surface area contributed by atoms with Crippen LogP contribution < -0.4 is 5.73 Å². The van der Waals surface area contributed by atoms with Gasteiger partial charge >= 0.3 is 0 Å². The molecule has 5 heteroatoms. The van der Waals surface area contributed by atoms with E-state index in [1.807, 2.05) is 31.2 Å². The van der Waals surface area contributed by atoms with Crippen LogP contribution in [0.4, 0.5) is 0 Å². The molecule has 1 atom stereocenters. The van der Waals surface area contributed by atoms with E-state index in [0.717, 1.165) is 18.2 Å². The quantitative estimate of drug-likeness (QED) is 0.936. The molecule has 114 valence electrons. The molecule has 0 spiro atoms. The van der Waals surface area contributed by atoms with Gasteiger partial charge in [-0.25, -0.2) is 0 Å². The average Bonchev–Trinajstić information content (AvgIpc) is 2.93. The van der Waals surface area contributed by atoms with Crippen molar-refractivity contribution in [2.24, 2.45) is 5.73 Å². The third kappa shape index (κ3) is 2.69. The summed E-state index contributed by atoms with van der Waals surface area (Å²) in [5.41, 5.74) is 6.75. The number of hydrogen-bond acceptors (Lipinski definition) is 4. The highest BCUT2D eigenvalue weighted by atomic mass is 35.5. The van der Waals surface area contributed by atoms with Gasteiger partial charge in [-0.1, -0.05) is 23.7 Å². The maximum absolute atomic E-state index is 6.49. The number of rotatable bonds is 4. The summed E-state index contributed by atoms with van der Waals surface area (Å²) < 4.78 is 17.4. The van der Waals surface area contributed by atoms with Gasteiger partial charge in [0.05, 0.1) is 16.7 Å². The second-order valence-electron chi connectivity index (χ2n) is 5.39. The van der Waals surface area contributed by atoms with Crippen LogP contribution in [-0.2, 0) is 9.47 Å². The SMILES string of the molecule is CCOC1(C(N)c2cc3cccc(Cl)c3o2)CCOCC1. The predicted molar refractivity (Wildman–Crippen MR) is 82.6 cm³/mol. The first-order valence-corrected chi connectivity index (χ1v) is 7.69. The Morgan fingerprint density at radius 2 is 2.14 bits per heavy atom. The molecule has 1 saturated heterocycles. The summed E-state index contributed by atoms with van der Waals surface area (Å²) in [4.78, 5) is 0. The summed E-state index contributed by atoms with van der Waals surface area (Å²) in [5.74, 6) is 0.716. The van der Waals surface area contributed by atoms with Crippen molar-refractivity contribution in [1.82, 2.24) is 0 Å². The van der Waals surface area contributed by atoms with Crippen LogP contribution in [0.15, 0.2) is 28.7 Å². The third-order valence-corrected chi connectivity index (χ3v) is 4.46. The molecule has 3 rings (SSSR count). The van der Waals surface area contributed by atoms with Crippen LogP contribution in [0.5, 0.6) is 0 Å². The molecular formula is C16H20ClNO3. The summed E-state index contributed by atoms with van der Waals surface area (Å²) in [6.45, 7) is 3.93. The molecular weight excluding hydrogens is 290 g/mol. The standard InChI is InChI=1S/C16H20ClNO3/c1-2-20-16(6-8-19-9-7-16)15(18)13-10-11-4-3-5-12(17)14(11)21-13/h3-5,10,15H,2,6-9,18H2,1H3. The summed E-state index contributed by atoms with van der Waals surface area (Å²) in [7, 11) is 0. The largest absolute Gasteiger partial charge is 0.458 e. The number of benzene rings is 1. The Balaban J connectivity index is 1.97. The van der Waals surface area contributed by atoms with Gasteiger partial charge in [0, 0.05) is 38.0 Å². The monoisotopic (exact) mass is 309 g/mol. The first-order chi connectivity index (χ1) is 10.2. The van der Waals surface area contributed by atoms with E-state index in [9.17, 15) is 0 Å². The van der Waals surface area contributed by atoms with Crippen molar-refractivity contribution in [1.29, 1.82) is 0 Å². The van der Waals surface area contributed by atoms with E-state index in [4.69, 9.17) is 31.2 Å². The van der Waals surface area contributed by atoms with Crippen LogP contribution in [0.25, 0.3) is 11.0 Å². The molecule has 0 aliphatic carbocycles. The number of fused-ring (bicyclic) bond motifs is 1. The molecule has 0 bridgehead atoms. The minimum atomic E-state index is -0.423. The Morgan fingerprint density at radius 1 is 1.38 bits per heavy atom. The molecule has 4 nitrogen and oxygen atoms in total. The highest BCUT2D eigenvalue weighted by molar-refractivity contribution is 6.34. The van der Waals surface area contributed by atoms with E-state index >= 15 is 0 Å². The minimum Gasteiger partial charge on any atom is -0.458 e. The van der Waals surface area contributed by atoms with Crippen molar-refractivity contribution >= 4 is 22.6 Å². The van der Waals surface area contributed by atoms with E-state index in [2.05, 4.69) is 0 Å². The topological polar surface area (TPSA) is 57.6 Å². The first kappa shape index (κ1) is 14.9. The van der Waals surface area contributed by atoms with Crippen molar-refractivity contribution in [3.63, 3.8) is 0 Å². The Hall–Kier alpha value is -1.07. The zero-order valence-corrected chi connectivity index (χ0v) is 12.9. The van der Waals surface area contributed by atoms with Gasteiger partial charge in [-0.3, -0.25) is 0 Å². The smallest absolute Gasteiger partial charge is 0.152 e. The van der Waals surface area contributed by atoms with E-state index in [1.165, 1.54) is 0 Å². The summed E-state index contributed by atoms with van der Waals surface area (Å²) >= 11 is 6.17. The number of ether oxygens (including phenoxy) is 2. The van der Waals surface area contributed by atoms with Gasteiger partial charge in [-0.15, -0.1) is 0 Å².